The maximum absolute atomic E-state index is 14.3. The average Bonchev–Trinajstić information content (AvgIpc) is 2.88. The molecule has 0 fully saturated rings. The van der Waals surface area contributed by atoms with Crippen molar-refractivity contribution in [2.45, 2.75) is 11.6 Å². The molecule has 2 rings (SSSR count). The molecule has 1 aliphatic rings. The van der Waals surface area contributed by atoms with E-state index in [1.807, 2.05) is 0 Å². The number of carbonyl (C=O) groups is 2. The first-order valence-electron chi connectivity index (χ1n) is 8.41. The number of halogens is 5. The van der Waals surface area contributed by atoms with E-state index in [1.165, 1.54) is 17.2 Å². The van der Waals surface area contributed by atoms with Gasteiger partial charge in [0, 0.05) is 31.1 Å². The fraction of sp³-hybridized carbons (Fsp3) is 0.375. The zero-order valence-corrected chi connectivity index (χ0v) is 18.0. The third-order valence-corrected chi connectivity index (χ3v) is 4.19. The van der Waals surface area contributed by atoms with Crippen molar-refractivity contribution in [1.29, 1.82) is 0 Å². The summed E-state index contributed by atoms with van der Waals surface area (Å²) in [5, 5.41) is 14.6. The molecule has 0 bridgehead atoms. The van der Waals surface area contributed by atoms with Gasteiger partial charge in [0.15, 0.2) is 27.9 Å². The molecule has 180 valence electrons. The third-order valence-electron chi connectivity index (χ3n) is 3.62. The van der Waals surface area contributed by atoms with E-state index in [2.05, 4.69) is 15.4 Å². The number of ether oxygens (including phenoxy) is 1. The molecule has 0 aromatic heterocycles. The molecular weight excluding hydrogens is 480 g/mol. The van der Waals surface area contributed by atoms with Crippen molar-refractivity contribution in [2.75, 3.05) is 37.0 Å². The Balaban J connectivity index is 0.000000978. The van der Waals surface area contributed by atoms with Crippen LogP contribution in [0.25, 0.3) is 0 Å². The monoisotopic (exact) mass is 497 g/mol. The SMILES string of the molecule is COC(=O)[C@H](O)CNc1cc(F)c(N2C=CC(=O)NCC2)c(F)c1.O=S(=O)([O-])C(F)(F)F.[Li+]. The van der Waals surface area contributed by atoms with Gasteiger partial charge in [0.2, 0.25) is 5.91 Å². The number of nitrogens with zero attached hydrogens (tertiary/aromatic N) is 1. The van der Waals surface area contributed by atoms with Crippen LogP contribution in [0.5, 0.6) is 0 Å². The molecule has 1 aliphatic heterocycles. The molecule has 0 spiro atoms. The Hall–Kier alpha value is -2.38. The molecule has 0 saturated heterocycles. The van der Waals surface area contributed by atoms with Crippen molar-refractivity contribution >= 4 is 33.4 Å². The Morgan fingerprint density at radius 1 is 1.33 bits per heavy atom. The Kier molecular flexibility index (Phi) is 11.8. The number of alkyl halides is 3. The second-order valence-electron chi connectivity index (χ2n) is 5.91. The number of aliphatic hydroxyl groups is 1. The molecule has 0 unspecified atom stereocenters. The van der Waals surface area contributed by atoms with E-state index in [9.17, 15) is 36.6 Å². The summed E-state index contributed by atoms with van der Waals surface area (Å²) in [5.41, 5.74) is -5.88. The van der Waals surface area contributed by atoms with E-state index >= 15 is 0 Å². The molecule has 3 N–H and O–H groups in total. The Morgan fingerprint density at radius 3 is 2.30 bits per heavy atom. The summed E-state index contributed by atoms with van der Waals surface area (Å²) in [5.74, 6) is -2.88. The van der Waals surface area contributed by atoms with Gasteiger partial charge in [-0.3, -0.25) is 4.79 Å². The third kappa shape index (κ3) is 9.56. The predicted octanol–water partition coefficient (Wildman–Crippen LogP) is -2.58. The zero-order valence-electron chi connectivity index (χ0n) is 17.2. The van der Waals surface area contributed by atoms with Gasteiger partial charge in [-0.05, 0) is 12.1 Å². The van der Waals surface area contributed by atoms with Crippen LogP contribution in [-0.4, -0.2) is 68.3 Å². The summed E-state index contributed by atoms with van der Waals surface area (Å²) in [6, 6.07) is 2.08. The van der Waals surface area contributed by atoms with Gasteiger partial charge in [-0.2, -0.15) is 13.2 Å². The van der Waals surface area contributed by atoms with Gasteiger partial charge in [0.05, 0.1) is 13.7 Å². The fourth-order valence-electron chi connectivity index (χ4n) is 2.15. The Labute approximate surface area is 196 Å². The number of rotatable bonds is 5. The minimum absolute atomic E-state index is 0. The van der Waals surface area contributed by atoms with Gasteiger partial charge < -0.3 is 29.9 Å². The van der Waals surface area contributed by atoms with Crippen molar-refractivity contribution in [3.8, 4) is 0 Å². The second-order valence-corrected chi connectivity index (χ2v) is 7.28. The van der Waals surface area contributed by atoms with Gasteiger partial charge in [-0.15, -0.1) is 0 Å². The minimum Gasteiger partial charge on any atom is -0.741 e. The van der Waals surface area contributed by atoms with Gasteiger partial charge in [-0.25, -0.2) is 22.0 Å². The molecule has 0 saturated carbocycles. The van der Waals surface area contributed by atoms with Crippen LogP contribution in [0.2, 0.25) is 0 Å². The van der Waals surface area contributed by atoms with E-state index < -0.39 is 39.3 Å². The zero-order chi connectivity index (χ0) is 24.7. The number of amides is 1. The van der Waals surface area contributed by atoms with Crippen LogP contribution in [0.3, 0.4) is 0 Å². The number of esters is 1. The molecule has 1 aromatic rings. The van der Waals surface area contributed by atoms with E-state index in [0.717, 1.165) is 19.2 Å². The molecule has 10 nitrogen and oxygen atoms in total. The van der Waals surface area contributed by atoms with Gasteiger partial charge in [0.25, 0.3) is 0 Å². The van der Waals surface area contributed by atoms with Gasteiger partial charge >= 0.3 is 30.3 Å². The van der Waals surface area contributed by atoms with Crippen molar-refractivity contribution in [1.82, 2.24) is 5.32 Å². The molecule has 17 heteroatoms. The summed E-state index contributed by atoms with van der Waals surface area (Å²) in [7, 11) is -4.97. The van der Waals surface area contributed by atoms with Crippen molar-refractivity contribution < 1.29 is 73.2 Å². The second kappa shape index (κ2) is 12.7. The van der Waals surface area contributed by atoms with Crippen LogP contribution >= 0.6 is 0 Å². The number of benzene rings is 1. The first-order valence-corrected chi connectivity index (χ1v) is 9.81. The van der Waals surface area contributed by atoms with Crippen LogP contribution in [-0.2, 0) is 24.4 Å². The quantitative estimate of drug-likeness (QED) is 0.131. The van der Waals surface area contributed by atoms with E-state index in [4.69, 9.17) is 13.0 Å². The van der Waals surface area contributed by atoms with Crippen molar-refractivity contribution in [3.63, 3.8) is 0 Å². The number of methoxy groups -OCH3 is 1. The summed E-state index contributed by atoms with van der Waals surface area (Å²) in [6.45, 7) is 0.201. The maximum atomic E-state index is 14.3. The smallest absolute Gasteiger partial charge is 0.741 e. The number of hydrogen-bond acceptors (Lipinski definition) is 9. The number of anilines is 2. The number of carbonyl (C=O) groups excluding carboxylic acids is 2. The fourth-order valence-corrected chi connectivity index (χ4v) is 2.15. The molecule has 1 atom stereocenters. The average molecular weight is 497 g/mol. The molecule has 1 heterocycles. The molecular formula is C16H17F5LiN3O7S. The predicted molar refractivity (Wildman–Crippen MR) is 98.1 cm³/mol. The minimum atomic E-state index is -6.09. The summed E-state index contributed by atoms with van der Waals surface area (Å²) < 4.78 is 91.8. The number of hydrogen-bond donors (Lipinski definition) is 3. The van der Waals surface area contributed by atoms with Crippen molar-refractivity contribution in [2.24, 2.45) is 0 Å². The van der Waals surface area contributed by atoms with Crippen LogP contribution in [0.4, 0.5) is 33.3 Å². The standard InChI is InChI=1S/C15H17F2N3O4.CHF3O3S.Li/c1-24-15(23)12(21)8-19-9-6-10(16)14(11(17)7-9)20-4-2-13(22)18-3-5-20;2-1(3,4)8(5,6)7;/h2,4,6-7,12,19,21H,3,5,8H2,1H3,(H,18,22);(H,5,6,7);/q;;+1/p-1/t12-;;/m1../s1. The maximum Gasteiger partial charge on any atom is 1.00 e. The topological polar surface area (TPSA) is 148 Å². The van der Waals surface area contributed by atoms with Crippen LogP contribution in [0.1, 0.15) is 0 Å². The van der Waals surface area contributed by atoms with Crippen LogP contribution in [0.15, 0.2) is 24.4 Å². The normalized spacial score (nSPS) is 14.7. The van der Waals surface area contributed by atoms with Gasteiger partial charge in [-0.1, -0.05) is 0 Å². The molecule has 1 aromatic carbocycles. The van der Waals surface area contributed by atoms with E-state index in [1.54, 1.807) is 0 Å². The summed E-state index contributed by atoms with van der Waals surface area (Å²) in [4.78, 5) is 23.6. The summed E-state index contributed by atoms with van der Waals surface area (Å²) >= 11 is 0. The molecule has 1 amide bonds. The largest absolute Gasteiger partial charge is 1.00 e. The molecule has 33 heavy (non-hydrogen) atoms. The van der Waals surface area contributed by atoms with E-state index in [-0.39, 0.29) is 55.8 Å². The van der Waals surface area contributed by atoms with Crippen molar-refractivity contribution in [3.05, 3.63) is 36.0 Å². The Bertz CT molecular complexity index is 953. The molecule has 0 radical (unpaired) electrons. The molecule has 0 aliphatic carbocycles. The number of aliphatic hydroxyl groups excluding tert-OH is 1. The van der Waals surface area contributed by atoms with Gasteiger partial charge in [0.1, 0.15) is 5.69 Å². The first-order chi connectivity index (χ1) is 14.7. The van der Waals surface area contributed by atoms with Crippen LogP contribution in [0, 0.1) is 11.6 Å². The van der Waals surface area contributed by atoms with Crippen LogP contribution < -0.4 is 34.4 Å². The number of nitrogens with one attached hydrogen (secondary N) is 2. The summed E-state index contributed by atoms with van der Waals surface area (Å²) in [6.07, 6.45) is 1.04. The first kappa shape index (κ1) is 30.6. The van der Waals surface area contributed by atoms with E-state index in [0.29, 0.717) is 0 Å². The Morgan fingerprint density at radius 2 is 1.85 bits per heavy atom.